The lowest BCUT2D eigenvalue weighted by Crippen LogP contribution is -2.31. The van der Waals surface area contributed by atoms with Crippen molar-refractivity contribution in [2.24, 2.45) is 11.3 Å². The van der Waals surface area contributed by atoms with E-state index in [1.165, 1.54) is 29.2 Å². The van der Waals surface area contributed by atoms with Gasteiger partial charge in [0.25, 0.3) is 0 Å². The molecule has 2 rings (SSSR count). The van der Waals surface area contributed by atoms with Crippen LogP contribution in [0.2, 0.25) is 0 Å². The van der Waals surface area contributed by atoms with Crippen LogP contribution in [0.1, 0.15) is 53.0 Å². The first kappa shape index (κ1) is 24.1. The van der Waals surface area contributed by atoms with Crippen molar-refractivity contribution in [2.75, 3.05) is 0 Å². The molecule has 0 fully saturated rings. The van der Waals surface area contributed by atoms with E-state index in [2.05, 4.69) is 80.0 Å². The van der Waals surface area contributed by atoms with Crippen LogP contribution in [0.3, 0.4) is 0 Å². The van der Waals surface area contributed by atoms with Gasteiger partial charge < -0.3 is 5.11 Å². The number of hydrogen-bond donors (Lipinski definition) is 1. The Morgan fingerprint density at radius 2 is 1.83 bits per heavy atom. The molecule has 30 heavy (non-hydrogen) atoms. The van der Waals surface area contributed by atoms with Crippen LogP contribution in [0, 0.1) is 11.3 Å². The number of carboxylic acid groups (broad SMARTS) is 1. The highest BCUT2D eigenvalue weighted by Crippen LogP contribution is 2.46. The highest BCUT2D eigenvalue weighted by atomic mass is 79.9. The molecule has 0 amide bonds. The molecule has 0 aliphatic heterocycles. The Kier molecular flexibility index (Phi) is 8.66. The Balaban J connectivity index is 2.14. The van der Waals surface area contributed by atoms with Gasteiger partial charge in [0.2, 0.25) is 0 Å². The third kappa shape index (κ3) is 6.98. The molecule has 0 saturated heterocycles. The molecule has 0 bridgehead atoms. The van der Waals surface area contributed by atoms with Crippen LogP contribution in [-0.2, 0) is 11.2 Å². The van der Waals surface area contributed by atoms with Crippen molar-refractivity contribution in [2.45, 2.75) is 53.9 Å². The van der Waals surface area contributed by atoms with Crippen molar-refractivity contribution in [3.63, 3.8) is 0 Å². The summed E-state index contributed by atoms with van der Waals surface area (Å²) < 4.78 is 1.12. The van der Waals surface area contributed by atoms with Gasteiger partial charge in [-0.05, 0) is 80.2 Å². The van der Waals surface area contributed by atoms with Crippen molar-refractivity contribution in [3.8, 4) is 0 Å². The lowest BCUT2D eigenvalue weighted by Gasteiger charge is -2.41. The highest BCUT2D eigenvalue weighted by molar-refractivity contribution is 9.10. The first-order valence-corrected chi connectivity index (χ1v) is 11.3. The Bertz CT molecular complexity index is 909. The zero-order chi connectivity index (χ0) is 22.3. The fourth-order valence-electron chi connectivity index (χ4n) is 4.14. The lowest BCUT2D eigenvalue weighted by molar-refractivity contribution is -0.131. The summed E-state index contributed by atoms with van der Waals surface area (Å²) in [6.07, 6.45) is 14.8. The predicted molar refractivity (Wildman–Crippen MR) is 130 cm³/mol. The average molecular weight is 469 g/mol. The Labute approximate surface area is 189 Å². The van der Waals surface area contributed by atoms with Gasteiger partial charge in [-0.15, -0.1) is 0 Å². The van der Waals surface area contributed by atoms with Crippen molar-refractivity contribution < 1.29 is 9.90 Å². The molecule has 0 aromatic heterocycles. The third-order valence-electron chi connectivity index (χ3n) is 6.02. The molecule has 1 aromatic rings. The summed E-state index contributed by atoms with van der Waals surface area (Å²) in [6, 6.07) is 8.70. The van der Waals surface area contributed by atoms with E-state index in [9.17, 15) is 4.79 Å². The van der Waals surface area contributed by atoms with Crippen molar-refractivity contribution >= 4 is 21.9 Å². The largest absolute Gasteiger partial charge is 0.478 e. The summed E-state index contributed by atoms with van der Waals surface area (Å²) >= 11 is 3.52. The number of allylic oxidation sites excluding steroid dienone is 9. The van der Waals surface area contributed by atoms with E-state index in [0.717, 1.165) is 28.5 Å². The van der Waals surface area contributed by atoms with Crippen molar-refractivity contribution in [3.05, 3.63) is 93.1 Å². The molecule has 160 valence electrons. The minimum absolute atomic E-state index is 0.114. The number of aliphatic carboxylic acids is 1. The lowest BCUT2D eigenvalue weighted by atomic mass is 9.63. The molecule has 0 saturated carbocycles. The number of rotatable bonds is 7. The van der Waals surface area contributed by atoms with Gasteiger partial charge >= 0.3 is 5.97 Å². The van der Waals surface area contributed by atoms with Crippen LogP contribution in [0.4, 0.5) is 0 Å². The molecule has 1 aliphatic rings. The average Bonchev–Trinajstić information content (AvgIpc) is 2.64. The third-order valence-corrected chi connectivity index (χ3v) is 6.55. The molecule has 1 unspecified atom stereocenters. The molecule has 2 nitrogen and oxygen atoms in total. The second kappa shape index (κ2) is 10.8. The van der Waals surface area contributed by atoms with E-state index in [-0.39, 0.29) is 5.41 Å². The summed E-state index contributed by atoms with van der Waals surface area (Å²) in [6.45, 7) is 10.9. The summed E-state index contributed by atoms with van der Waals surface area (Å²) in [4.78, 5) is 10.7. The molecule has 1 N–H and O–H groups in total. The quantitative estimate of drug-likeness (QED) is 0.326. The van der Waals surface area contributed by atoms with Gasteiger partial charge in [0.15, 0.2) is 0 Å². The van der Waals surface area contributed by atoms with Crippen LogP contribution in [0.25, 0.3) is 0 Å². The normalized spacial score (nSPS) is 20.4. The minimum atomic E-state index is -0.919. The van der Waals surface area contributed by atoms with Crippen LogP contribution in [0.5, 0.6) is 0 Å². The van der Waals surface area contributed by atoms with E-state index in [1.54, 1.807) is 6.92 Å². The number of carboxylic acids is 1. The summed E-state index contributed by atoms with van der Waals surface area (Å²) in [5.74, 6) is -0.313. The second-order valence-electron chi connectivity index (χ2n) is 8.81. The smallest absolute Gasteiger partial charge is 0.328 e. The summed E-state index contributed by atoms with van der Waals surface area (Å²) in [5, 5.41) is 8.78. The van der Waals surface area contributed by atoms with E-state index in [1.807, 2.05) is 18.2 Å². The Morgan fingerprint density at radius 3 is 2.47 bits per heavy atom. The first-order valence-electron chi connectivity index (χ1n) is 10.5. The van der Waals surface area contributed by atoms with Crippen molar-refractivity contribution in [1.29, 1.82) is 0 Å². The number of halogens is 1. The van der Waals surface area contributed by atoms with Gasteiger partial charge in [-0.3, -0.25) is 0 Å². The SMILES string of the molecule is CC1=C(/C=C/C(C)=C\C=C\C(C)=C\C(=O)O)C(C)(C)C(Cc2ccc(Br)cc2)CC1. The first-order chi connectivity index (χ1) is 14.1. The fraction of sp³-hybridized carbons (Fsp3) is 0.370. The van der Waals surface area contributed by atoms with Crippen LogP contribution < -0.4 is 0 Å². The predicted octanol–water partition coefficient (Wildman–Crippen LogP) is 7.83. The molecule has 0 radical (unpaired) electrons. The minimum Gasteiger partial charge on any atom is -0.478 e. The molecule has 1 atom stereocenters. The molecule has 1 aliphatic carbocycles. The number of benzene rings is 1. The van der Waals surface area contributed by atoms with Gasteiger partial charge in [0.05, 0.1) is 0 Å². The molecule has 1 aromatic carbocycles. The van der Waals surface area contributed by atoms with Gasteiger partial charge in [0, 0.05) is 10.5 Å². The van der Waals surface area contributed by atoms with Crippen LogP contribution >= 0.6 is 15.9 Å². The Hall–Kier alpha value is -2.13. The van der Waals surface area contributed by atoms with Crippen LogP contribution in [-0.4, -0.2) is 11.1 Å². The van der Waals surface area contributed by atoms with Gasteiger partial charge in [0.1, 0.15) is 0 Å². The molecule has 0 heterocycles. The highest BCUT2D eigenvalue weighted by Gasteiger charge is 2.36. The summed E-state index contributed by atoms with van der Waals surface area (Å²) in [5.41, 5.74) is 6.29. The summed E-state index contributed by atoms with van der Waals surface area (Å²) in [7, 11) is 0. The molecule has 0 spiro atoms. The maximum atomic E-state index is 10.7. The zero-order valence-electron chi connectivity index (χ0n) is 18.7. The van der Waals surface area contributed by atoms with Gasteiger partial charge in [-0.1, -0.05) is 83.4 Å². The topological polar surface area (TPSA) is 37.3 Å². The van der Waals surface area contributed by atoms with Gasteiger partial charge in [-0.25, -0.2) is 4.79 Å². The van der Waals surface area contributed by atoms with E-state index >= 15 is 0 Å². The molecular weight excluding hydrogens is 436 g/mol. The zero-order valence-corrected chi connectivity index (χ0v) is 20.3. The second-order valence-corrected chi connectivity index (χ2v) is 9.73. The fourth-order valence-corrected chi connectivity index (χ4v) is 4.40. The van der Waals surface area contributed by atoms with Crippen molar-refractivity contribution in [1.82, 2.24) is 0 Å². The Morgan fingerprint density at radius 1 is 1.17 bits per heavy atom. The molecular formula is C27H33BrO2. The maximum Gasteiger partial charge on any atom is 0.328 e. The van der Waals surface area contributed by atoms with E-state index in [4.69, 9.17) is 5.11 Å². The monoisotopic (exact) mass is 468 g/mol. The van der Waals surface area contributed by atoms with E-state index in [0.29, 0.717) is 5.92 Å². The number of hydrogen-bond acceptors (Lipinski definition) is 1. The van der Waals surface area contributed by atoms with Gasteiger partial charge in [-0.2, -0.15) is 0 Å². The standard InChI is InChI=1S/C27H33BrO2/c1-19(7-6-8-20(2)17-26(29)30)9-16-25-21(3)10-13-23(27(25,4)5)18-22-11-14-24(28)15-12-22/h6-9,11-12,14-17,23H,10,13,18H2,1-5H3,(H,29,30)/b8-6+,16-9+,19-7-,20-17+. The maximum absolute atomic E-state index is 10.7. The molecule has 3 heteroatoms. The van der Waals surface area contributed by atoms with E-state index < -0.39 is 5.97 Å². The number of carbonyl (C=O) groups is 1. The van der Waals surface area contributed by atoms with Crippen LogP contribution in [0.15, 0.2) is 87.5 Å².